The maximum atomic E-state index is 12.5. The Hall–Kier alpha value is -0.850. The van der Waals surface area contributed by atoms with E-state index >= 15 is 0 Å². The fraction of sp³-hybridized carbons (Fsp3) is 0.714. The van der Waals surface area contributed by atoms with Crippen LogP contribution in [0, 0.1) is 19.8 Å². The highest BCUT2D eigenvalue weighted by molar-refractivity contribution is 7.89. The molecule has 0 radical (unpaired) electrons. The highest BCUT2D eigenvalue weighted by Crippen LogP contribution is 2.28. The highest BCUT2D eigenvalue weighted by atomic mass is 32.2. The largest absolute Gasteiger partial charge is 0.465 e. The van der Waals surface area contributed by atoms with E-state index in [1.807, 2.05) is 20.8 Å². The molecular formula is C14H24N2O3S. The third-order valence-corrected chi connectivity index (χ3v) is 5.04. The van der Waals surface area contributed by atoms with Crippen LogP contribution in [0.1, 0.15) is 43.8 Å². The lowest BCUT2D eigenvalue weighted by atomic mass is 10.2. The van der Waals surface area contributed by atoms with Gasteiger partial charge in [0.1, 0.15) is 16.4 Å². The summed E-state index contributed by atoms with van der Waals surface area (Å²) in [7, 11) is -3.51. The van der Waals surface area contributed by atoms with Crippen molar-refractivity contribution in [3.63, 3.8) is 0 Å². The second-order valence-corrected chi connectivity index (χ2v) is 7.63. The van der Waals surface area contributed by atoms with E-state index in [9.17, 15) is 8.42 Å². The molecule has 0 aromatic carbocycles. The Bertz CT molecular complexity index is 571. The summed E-state index contributed by atoms with van der Waals surface area (Å²) in [5.41, 5.74) is 0.755. The maximum absolute atomic E-state index is 12.5. The van der Waals surface area contributed by atoms with Gasteiger partial charge < -0.3 is 9.73 Å². The first-order valence-corrected chi connectivity index (χ1v) is 8.61. The number of rotatable bonds is 7. The van der Waals surface area contributed by atoms with Crippen LogP contribution >= 0.6 is 0 Å². The van der Waals surface area contributed by atoms with Gasteiger partial charge in [-0.15, -0.1) is 0 Å². The molecule has 0 saturated heterocycles. The number of aryl methyl sites for hydroxylation is 2. The molecule has 1 fully saturated rings. The molecular weight excluding hydrogens is 276 g/mol. The molecule has 6 heteroatoms. The van der Waals surface area contributed by atoms with Crippen LogP contribution in [0.25, 0.3) is 0 Å². The fourth-order valence-electron chi connectivity index (χ4n) is 2.15. The molecule has 0 spiro atoms. The molecule has 2 rings (SSSR count). The van der Waals surface area contributed by atoms with Gasteiger partial charge in [0, 0.05) is 24.7 Å². The lowest BCUT2D eigenvalue weighted by Crippen LogP contribution is -2.29. The summed E-state index contributed by atoms with van der Waals surface area (Å²) >= 11 is 0. The third kappa shape index (κ3) is 3.62. The average molecular weight is 300 g/mol. The van der Waals surface area contributed by atoms with E-state index < -0.39 is 10.0 Å². The van der Waals surface area contributed by atoms with E-state index in [0.717, 1.165) is 5.56 Å². The normalized spacial score (nSPS) is 16.1. The van der Waals surface area contributed by atoms with Crippen LogP contribution < -0.4 is 10.0 Å². The van der Waals surface area contributed by atoms with E-state index in [2.05, 4.69) is 10.0 Å². The van der Waals surface area contributed by atoms with Gasteiger partial charge in [-0.3, -0.25) is 0 Å². The molecule has 1 aliphatic rings. The minimum absolute atomic E-state index is 0.270. The molecule has 0 atom stereocenters. The van der Waals surface area contributed by atoms with Crippen molar-refractivity contribution in [1.82, 2.24) is 10.0 Å². The van der Waals surface area contributed by atoms with Gasteiger partial charge in [-0.2, -0.15) is 0 Å². The molecule has 1 aromatic rings. The molecule has 1 aliphatic carbocycles. The first kappa shape index (κ1) is 15.5. The Morgan fingerprint density at radius 3 is 2.45 bits per heavy atom. The van der Waals surface area contributed by atoms with E-state index in [4.69, 9.17) is 4.42 Å². The van der Waals surface area contributed by atoms with E-state index in [1.54, 1.807) is 6.92 Å². The summed E-state index contributed by atoms with van der Waals surface area (Å²) in [5, 5.41) is 3.35. The van der Waals surface area contributed by atoms with Crippen LogP contribution in [-0.4, -0.2) is 21.0 Å². The van der Waals surface area contributed by atoms with Crippen LogP contribution in [0.15, 0.2) is 9.31 Å². The van der Waals surface area contributed by atoms with Crippen molar-refractivity contribution in [3.05, 3.63) is 17.1 Å². The van der Waals surface area contributed by atoms with Gasteiger partial charge in [0.15, 0.2) is 0 Å². The zero-order valence-corrected chi connectivity index (χ0v) is 13.4. The molecule has 20 heavy (non-hydrogen) atoms. The van der Waals surface area contributed by atoms with E-state index in [-0.39, 0.29) is 5.92 Å². The summed E-state index contributed by atoms with van der Waals surface area (Å²) in [5.74, 6) is 1.41. The van der Waals surface area contributed by atoms with Crippen molar-refractivity contribution >= 4 is 10.0 Å². The van der Waals surface area contributed by atoms with Crippen LogP contribution in [0.5, 0.6) is 0 Å². The van der Waals surface area contributed by atoms with Gasteiger partial charge in [-0.25, -0.2) is 13.1 Å². The van der Waals surface area contributed by atoms with Gasteiger partial charge in [0.25, 0.3) is 0 Å². The summed E-state index contributed by atoms with van der Waals surface area (Å²) < 4.78 is 33.1. The van der Waals surface area contributed by atoms with Crippen LogP contribution in [0.4, 0.5) is 0 Å². The standard InChI is InChI=1S/C14H24N2O3S/c1-9(2)7-16-20(17,18)14-11(4)19-10(3)13(14)8-15-12-5-6-12/h9,12,15-16H,5-8H2,1-4H3. The lowest BCUT2D eigenvalue weighted by Gasteiger charge is -2.10. The van der Waals surface area contributed by atoms with E-state index in [0.29, 0.717) is 35.5 Å². The Balaban J connectivity index is 2.23. The minimum Gasteiger partial charge on any atom is -0.465 e. The summed E-state index contributed by atoms with van der Waals surface area (Å²) in [6, 6.07) is 0.531. The van der Waals surface area contributed by atoms with Gasteiger partial charge >= 0.3 is 0 Å². The average Bonchev–Trinajstić information content (AvgIpc) is 3.10. The predicted molar refractivity (Wildman–Crippen MR) is 78.1 cm³/mol. The topological polar surface area (TPSA) is 71.3 Å². The monoisotopic (exact) mass is 300 g/mol. The number of hydrogen-bond donors (Lipinski definition) is 2. The van der Waals surface area contributed by atoms with Gasteiger partial charge in [0.05, 0.1) is 0 Å². The van der Waals surface area contributed by atoms with Gasteiger partial charge in [-0.1, -0.05) is 13.8 Å². The van der Waals surface area contributed by atoms with Gasteiger partial charge in [-0.05, 0) is 32.6 Å². The molecule has 1 aromatic heterocycles. The Labute approximate surface area is 121 Å². The molecule has 0 bridgehead atoms. The first-order chi connectivity index (χ1) is 9.31. The maximum Gasteiger partial charge on any atom is 0.244 e. The van der Waals surface area contributed by atoms with Gasteiger partial charge in [0.2, 0.25) is 10.0 Å². The molecule has 1 saturated carbocycles. The molecule has 114 valence electrons. The molecule has 2 N–H and O–H groups in total. The number of nitrogens with one attached hydrogen (secondary N) is 2. The minimum atomic E-state index is -3.51. The summed E-state index contributed by atoms with van der Waals surface area (Å²) in [6.07, 6.45) is 2.34. The molecule has 0 unspecified atom stereocenters. The smallest absolute Gasteiger partial charge is 0.244 e. The summed E-state index contributed by atoms with van der Waals surface area (Å²) in [6.45, 7) is 8.46. The van der Waals surface area contributed by atoms with Crippen molar-refractivity contribution in [2.45, 2.75) is 58.0 Å². The highest BCUT2D eigenvalue weighted by Gasteiger charge is 2.28. The van der Waals surface area contributed by atoms with Crippen molar-refractivity contribution < 1.29 is 12.8 Å². The Morgan fingerprint density at radius 1 is 1.25 bits per heavy atom. The quantitative estimate of drug-likeness (QED) is 0.809. The van der Waals surface area contributed by atoms with Crippen molar-refractivity contribution in [2.24, 2.45) is 5.92 Å². The molecule has 0 aliphatic heterocycles. The second kappa shape index (κ2) is 5.87. The van der Waals surface area contributed by atoms with Crippen LogP contribution in [0.2, 0.25) is 0 Å². The zero-order chi connectivity index (χ0) is 14.9. The first-order valence-electron chi connectivity index (χ1n) is 7.13. The second-order valence-electron chi connectivity index (χ2n) is 5.92. The number of sulfonamides is 1. The van der Waals surface area contributed by atoms with Crippen molar-refractivity contribution in [1.29, 1.82) is 0 Å². The van der Waals surface area contributed by atoms with Crippen LogP contribution in [0.3, 0.4) is 0 Å². The Kier molecular flexibility index (Phi) is 4.56. The lowest BCUT2D eigenvalue weighted by molar-refractivity contribution is 0.492. The SMILES string of the molecule is Cc1oc(C)c(S(=O)(=O)NCC(C)C)c1CNC1CC1. The zero-order valence-electron chi connectivity index (χ0n) is 12.6. The molecule has 1 heterocycles. The summed E-state index contributed by atoms with van der Waals surface area (Å²) in [4.78, 5) is 0.309. The predicted octanol–water partition coefficient (Wildman–Crippen LogP) is 2.08. The van der Waals surface area contributed by atoms with Crippen molar-refractivity contribution in [2.75, 3.05) is 6.54 Å². The fourth-order valence-corrected chi connectivity index (χ4v) is 3.81. The van der Waals surface area contributed by atoms with Crippen LogP contribution in [-0.2, 0) is 16.6 Å². The Morgan fingerprint density at radius 2 is 1.90 bits per heavy atom. The number of furan rings is 1. The molecule has 5 nitrogen and oxygen atoms in total. The number of hydrogen-bond acceptors (Lipinski definition) is 4. The van der Waals surface area contributed by atoms with Crippen molar-refractivity contribution in [3.8, 4) is 0 Å². The third-order valence-electron chi connectivity index (χ3n) is 3.42. The van der Waals surface area contributed by atoms with E-state index in [1.165, 1.54) is 12.8 Å². The molecule has 0 amide bonds.